The van der Waals surface area contributed by atoms with E-state index in [0.29, 0.717) is 5.75 Å². The third-order valence-electron chi connectivity index (χ3n) is 4.44. The molecule has 3 heteroatoms. The number of benzene rings is 1. The molecule has 1 aromatic rings. The van der Waals surface area contributed by atoms with Crippen molar-refractivity contribution >= 4 is 0 Å². The Kier molecular flexibility index (Phi) is 8.15. The fourth-order valence-corrected chi connectivity index (χ4v) is 3.01. The Morgan fingerprint density at radius 2 is 1.18 bits per heavy atom. The van der Waals surface area contributed by atoms with Crippen LogP contribution in [-0.2, 0) is 6.42 Å². The quantitative estimate of drug-likeness (QED) is 0.554. The van der Waals surface area contributed by atoms with E-state index in [9.17, 15) is 0 Å². The predicted octanol–water partition coefficient (Wildman–Crippen LogP) is 5.23. The molecule has 22 heavy (non-hydrogen) atoms. The normalized spacial score (nSPS) is 10.6. The molecule has 0 aliphatic carbocycles. The Bertz CT molecular complexity index is 466. The van der Waals surface area contributed by atoms with Gasteiger partial charge in [-0.1, -0.05) is 39.0 Å². The first-order chi connectivity index (χ1) is 10.6. The molecular formula is C19H32O3. The summed E-state index contributed by atoms with van der Waals surface area (Å²) >= 11 is 0. The third-order valence-corrected chi connectivity index (χ3v) is 4.44. The minimum absolute atomic E-state index is 0.717. The summed E-state index contributed by atoms with van der Waals surface area (Å²) in [4.78, 5) is 0. The van der Waals surface area contributed by atoms with Crippen LogP contribution in [0, 0.1) is 13.8 Å². The molecule has 126 valence electrons. The van der Waals surface area contributed by atoms with Crippen LogP contribution in [0.2, 0.25) is 0 Å². The number of ether oxygens (including phenoxy) is 3. The maximum Gasteiger partial charge on any atom is 0.203 e. The van der Waals surface area contributed by atoms with Gasteiger partial charge in [0, 0.05) is 5.56 Å². The monoisotopic (exact) mass is 308 g/mol. The molecule has 0 amide bonds. The topological polar surface area (TPSA) is 27.7 Å². The average Bonchev–Trinajstić information content (AvgIpc) is 2.53. The standard InChI is InChI=1S/C19H32O3/c1-7-8-9-10-11-12-13-16-14(2)15(3)17(20-4)19(22-6)18(16)21-5/h7-13H2,1-6H3. The van der Waals surface area contributed by atoms with Crippen molar-refractivity contribution in [3.63, 3.8) is 0 Å². The van der Waals surface area contributed by atoms with Crippen molar-refractivity contribution in [3.05, 3.63) is 16.7 Å². The third kappa shape index (κ3) is 4.31. The van der Waals surface area contributed by atoms with E-state index in [-0.39, 0.29) is 0 Å². The van der Waals surface area contributed by atoms with Crippen molar-refractivity contribution < 1.29 is 14.2 Å². The van der Waals surface area contributed by atoms with Crippen LogP contribution >= 0.6 is 0 Å². The summed E-state index contributed by atoms with van der Waals surface area (Å²) in [6.45, 7) is 6.48. The number of hydrogen-bond donors (Lipinski definition) is 0. The van der Waals surface area contributed by atoms with Crippen molar-refractivity contribution in [3.8, 4) is 17.2 Å². The van der Waals surface area contributed by atoms with Gasteiger partial charge in [0.2, 0.25) is 5.75 Å². The van der Waals surface area contributed by atoms with Gasteiger partial charge in [-0.15, -0.1) is 0 Å². The van der Waals surface area contributed by atoms with E-state index in [1.165, 1.54) is 49.7 Å². The van der Waals surface area contributed by atoms with Crippen molar-refractivity contribution in [1.29, 1.82) is 0 Å². The van der Waals surface area contributed by atoms with Crippen molar-refractivity contribution in [2.75, 3.05) is 21.3 Å². The summed E-state index contributed by atoms with van der Waals surface area (Å²) in [5, 5.41) is 0. The molecule has 3 nitrogen and oxygen atoms in total. The maximum absolute atomic E-state index is 5.64. The molecule has 0 radical (unpaired) electrons. The van der Waals surface area contributed by atoms with Gasteiger partial charge in [-0.25, -0.2) is 0 Å². The molecule has 0 spiro atoms. The average molecular weight is 308 g/mol. The van der Waals surface area contributed by atoms with Crippen LogP contribution in [0.25, 0.3) is 0 Å². The molecular weight excluding hydrogens is 276 g/mol. The second-order valence-electron chi connectivity index (χ2n) is 5.85. The number of methoxy groups -OCH3 is 3. The van der Waals surface area contributed by atoms with Crippen LogP contribution in [-0.4, -0.2) is 21.3 Å². The van der Waals surface area contributed by atoms with Crippen LogP contribution in [0.5, 0.6) is 17.2 Å². The van der Waals surface area contributed by atoms with E-state index >= 15 is 0 Å². The second-order valence-corrected chi connectivity index (χ2v) is 5.85. The summed E-state index contributed by atoms with van der Waals surface area (Å²) < 4.78 is 16.7. The van der Waals surface area contributed by atoms with Gasteiger partial charge in [0.25, 0.3) is 0 Å². The Morgan fingerprint density at radius 3 is 1.73 bits per heavy atom. The molecule has 1 rings (SSSR count). The largest absolute Gasteiger partial charge is 0.492 e. The predicted molar refractivity (Wildman–Crippen MR) is 92.7 cm³/mol. The summed E-state index contributed by atoms with van der Waals surface area (Å²) in [6, 6.07) is 0. The molecule has 0 saturated heterocycles. The van der Waals surface area contributed by atoms with Gasteiger partial charge in [-0.2, -0.15) is 0 Å². The SMILES string of the molecule is CCCCCCCCc1c(C)c(C)c(OC)c(OC)c1OC. The van der Waals surface area contributed by atoms with Crippen molar-refractivity contribution in [2.45, 2.75) is 65.7 Å². The van der Waals surface area contributed by atoms with E-state index in [1.54, 1.807) is 21.3 Å². The molecule has 0 aliphatic rings. The highest BCUT2D eigenvalue weighted by atomic mass is 16.5. The zero-order chi connectivity index (χ0) is 16.5. The first-order valence-corrected chi connectivity index (χ1v) is 8.40. The maximum atomic E-state index is 5.64. The van der Waals surface area contributed by atoms with Crippen LogP contribution in [0.4, 0.5) is 0 Å². The molecule has 0 bridgehead atoms. The number of rotatable bonds is 10. The Morgan fingerprint density at radius 1 is 0.636 bits per heavy atom. The van der Waals surface area contributed by atoms with Crippen molar-refractivity contribution in [2.24, 2.45) is 0 Å². The van der Waals surface area contributed by atoms with Gasteiger partial charge in [-0.05, 0) is 37.8 Å². The van der Waals surface area contributed by atoms with Gasteiger partial charge >= 0.3 is 0 Å². The lowest BCUT2D eigenvalue weighted by molar-refractivity contribution is 0.320. The van der Waals surface area contributed by atoms with Crippen LogP contribution in [0.3, 0.4) is 0 Å². The van der Waals surface area contributed by atoms with Crippen molar-refractivity contribution in [1.82, 2.24) is 0 Å². The zero-order valence-electron chi connectivity index (χ0n) is 15.2. The highest BCUT2D eigenvalue weighted by molar-refractivity contribution is 5.63. The minimum atomic E-state index is 0.717. The van der Waals surface area contributed by atoms with Gasteiger partial charge < -0.3 is 14.2 Å². The molecule has 1 aromatic carbocycles. The van der Waals surface area contributed by atoms with Gasteiger partial charge in [0.05, 0.1) is 21.3 Å². The van der Waals surface area contributed by atoms with Crippen LogP contribution in [0.15, 0.2) is 0 Å². The smallest absolute Gasteiger partial charge is 0.203 e. The molecule has 0 aliphatic heterocycles. The Hall–Kier alpha value is -1.38. The molecule has 0 N–H and O–H groups in total. The lowest BCUT2D eigenvalue weighted by Crippen LogP contribution is -2.04. The highest BCUT2D eigenvalue weighted by Crippen LogP contribution is 2.45. The molecule has 0 heterocycles. The van der Waals surface area contributed by atoms with Crippen LogP contribution < -0.4 is 14.2 Å². The number of unbranched alkanes of at least 4 members (excludes halogenated alkanes) is 5. The van der Waals surface area contributed by atoms with E-state index < -0.39 is 0 Å². The summed E-state index contributed by atoms with van der Waals surface area (Å²) in [5.74, 6) is 2.33. The van der Waals surface area contributed by atoms with E-state index in [0.717, 1.165) is 23.5 Å². The highest BCUT2D eigenvalue weighted by Gasteiger charge is 2.21. The van der Waals surface area contributed by atoms with E-state index in [4.69, 9.17) is 14.2 Å². The fraction of sp³-hybridized carbons (Fsp3) is 0.684. The minimum Gasteiger partial charge on any atom is -0.492 e. The summed E-state index contributed by atoms with van der Waals surface area (Å²) in [5.41, 5.74) is 3.65. The lowest BCUT2D eigenvalue weighted by atomic mass is 9.95. The summed E-state index contributed by atoms with van der Waals surface area (Å²) in [6.07, 6.45) is 8.80. The van der Waals surface area contributed by atoms with Gasteiger partial charge in [0.15, 0.2) is 11.5 Å². The molecule has 0 aromatic heterocycles. The van der Waals surface area contributed by atoms with Gasteiger partial charge in [0.1, 0.15) is 0 Å². The molecule has 0 atom stereocenters. The zero-order valence-corrected chi connectivity index (χ0v) is 15.2. The first kappa shape index (κ1) is 18.7. The van der Waals surface area contributed by atoms with Gasteiger partial charge in [-0.3, -0.25) is 0 Å². The first-order valence-electron chi connectivity index (χ1n) is 8.40. The Balaban J connectivity index is 2.91. The second kappa shape index (κ2) is 9.60. The number of hydrogen-bond acceptors (Lipinski definition) is 3. The fourth-order valence-electron chi connectivity index (χ4n) is 3.01. The molecule has 0 unspecified atom stereocenters. The van der Waals surface area contributed by atoms with E-state index in [1.807, 2.05) is 0 Å². The molecule has 0 saturated carbocycles. The van der Waals surface area contributed by atoms with Crippen LogP contribution in [0.1, 0.15) is 62.1 Å². The Labute approximate surface area is 136 Å². The van der Waals surface area contributed by atoms with E-state index in [2.05, 4.69) is 20.8 Å². The lowest BCUT2D eigenvalue weighted by Gasteiger charge is -2.21. The summed E-state index contributed by atoms with van der Waals surface area (Å²) in [7, 11) is 5.05. The molecule has 0 fully saturated rings.